The van der Waals surface area contributed by atoms with Crippen LogP contribution in [0.15, 0.2) is 35.5 Å². The molecule has 1 aromatic carbocycles. The van der Waals surface area contributed by atoms with Crippen LogP contribution in [0.5, 0.6) is 5.75 Å². The number of hydrogen-bond donors (Lipinski definition) is 2. The van der Waals surface area contributed by atoms with Gasteiger partial charge in [0, 0.05) is 6.20 Å². The molecule has 2 rings (SSSR count). The molecule has 76 valence electrons. The number of nitrogens with one attached hydrogen (secondary N) is 1. The highest BCUT2D eigenvalue weighted by atomic mass is 19.1. The Morgan fingerprint density at radius 2 is 2.20 bits per heavy atom. The molecule has 0 spiro atoms. The van der Waals surface area contributed by atoms with Crippen LogP contribution >= 0.6 is 0 Å². The molecule has 0 saturated carbocycles. The zero-order valence-electron chi connectivity index (χ0n) is 7.57. The number of aromatic amines is 1. The fourth-order valence-corrected chi connectivity index (χ4v) is 1.22. The first kappa shape index (κ1) is 9.39. The number of halogens is 1. The summed E-state index contributed by atoms with van der Waals surface area (Å²) < 4.78 is 13.0. The molecule has 0 fully saturated rings. The summed E-state index contributed by atoms with van der Waals surface area (Å²) in [6.07, 6.45) is 2.59. The molecule has 0 atom stereocenters. The lowest BCUT2D eigenvalue weighted by atomic mass is 10.1. The molecular formula is C10H7FN2O2. The molecule has 0 amide bonds. The van der Waals surface area contributed by atoms with Gasteiger partial charge in [-0.2, -0.15) is 0 Å². The molecule has 2 N–H and O–H groups in total. The van der Waals surface area contributed by atoms with Crippen molar-refractivity contribution in [2.24, 2.45) is 0 Å². The van der Waals surface area contributed by atoms with Gasteiger partial charge in [-0.25, -0.2) is 9.37 Å². The van der Waals surface area contributed by atoms with Gasteiger partial charge in [0.15, 0.2) is 11.6 Å². The van der Waals surface area contributed by atoms with Crippen LogP contribution in [0.3, 0.4) is 0 Å². The molecule has 5 heteroatoms. The van der Waals surface area contributed by atoms with Gasteiger partial charge in [0.2, 0.25) is 0 Å². The quantitative estimate of drug-likeness (QED) is 0.738. The predicted molar refractivity (Wildman–Crippen MR) is 51.9 cm³/mol. The van der Waals surface area contributed by atoms with Gasteiger partial charge in [-0.3, -0.25) is 4.79 Å². The number of aromatic hydroxyl groups is 1. The van der Waals surface area contributed by atoms with Gasteiger partial charge in [-0.05, 0) is 17.7 Å². The van der Waals surface area contributed by atoms with Crippen molar-refractivity contribution in [3.8, 4) is 16.9 Å². The fourth-order valence-electron chi connectivity index (χ4n) is 1.22. The predicted octanol–water partition coefficient (Wildman–Crippen LogP) is 1.28. The summed E-state index contributed by atoms with van der Waals surface area (Å²) in [6, 6.07) is 3.73. The summed E-state index contributed by atoms with van der Waals surface area (Å²) in [5.74, 6) is -1.21. The normalized spacial score (nSPS) is 10.2. The summed E-state index contributed by atoms with van der Waals surface area (Å²) in [7, 11) is 0. The Balaban J connectivity index is 2.60. The Morgan fingerprint density at radius 1 is 1.40 bits per heavy atom. The third-order valence-electron chi connectivity index (χ3n) is 1.98. The number of hydrogen-bond acceptors (Lipinski definition) is 3. The molecule has 0 saturated heterocycles. The average molecular weight is 206 g/mol. The van der Waals surface area contributed by atoms with Gasteiger partial charge >= 0.3 is 0 Å². The molecule has 4 nitrogen and oxygen atoms in total. The van der Waals surface area contributed by atoms with Crippen molar-refractivity contribution < 1.29 is 9.50 Å². The zero-order valence-corrected chi connectivity index (χ0v) is 7.57. The third kappa shape index (κ3) is 1.71. The molecule has 15 heavy (non-hydrogen) atoms. The number of nitrogens with zero attached hydrogens (tertiary/aromatic N) is 1. The zero-order chi connectivity index (χ0) is 10.8. The van der Waals surface area contributed by atoms with E-state index in [1.807, 2.05) is 0 Å². The van der Waals surface area contributed by atoms with Crippen LogP contribution in [0.2, 0.25) is 0 Å². The number of benzene rings is 1. The Morgan fingerprint density at radius 3 is 2.87 bits per heavy atom. The first-order valence-corrected chi connectivity index (χ1v) is 4.20. The highest BCUT2D eigenvalue weighted by Crippen LogP contribution is 2.21. The maximum Gasteiger partial charge on any atom is 0.258 e. The van der Waals surface area contributed by atoms with Crippen molar-refractivity contribution in [2.45, 2.75) is 0 Å². The summed E-state index contributed by atoms with van der Waals surface area (Å²) in [6.45, 7) is 0. The topological polar surface area (TPSA) is 66.0 Å². The van der Waals surface area contributed by atoms with Crippen molar-refractivity contribution in [1.82, 2.24) is 9.97 Å². The molecular weight excluding hydrogens is 199 g/mol. The summed E-state index contributed by atoms with van der Waals surface area (Å²) >= 11 is 0. The lowest BCUT2D eigenvalue weighted by molar-refractivity contribution is 0.432. The Bertz CT molecular complexity index is 551. The second-order valence-corrected chi connectivity index (χ2v) is 2.96. The Labute approximate surface area is 84.0 Å². The van der Waals surface area contributed by atoms with E-state index < -0.39 is 11.6 Å². The minimum Gasteiger partial charge on any atom is -0.505 e. The van der Waals surface area contributed by atoms with E-state index >= 15 is 0 Å². The maximum atomic E-state index is 13.0. The first-order chi connectivity index (χ1) is 7.18. The van der Waals surface area contributed by atoms with E-state index in [-0.39, 0.29) is 11.1 Å². The minimum absolute atomic E-state index is 0.261. The number of aromatic nitrogens is 2. The molecule has 0 aliphatic carbocycles. The number of rotatable bonds is 1. The van der Waals surface area contributed by atoms with E-state index in [4.69, 9.17) is 5.11 Å². The molecule has 0 unspecified atom stereocenters. The van der Waals surface area contributed by atoms with Gasteiger partial charge in [-0.15, -0.1) is 0 Å². The molecule has 0 bridgehead atoms. The van der Waals surface area contributed by atoms with E-state index in [2.05, 4.69) is 9.97 Å². The second-order valence-electron chi connectivity index (χ2n) is 2.96. The monoisotopic (exact) mass is 206 g/mol. The van der Waals surface area contributed by atoms with Crippen molar-refractivity contribution in [3.63, 3.8) is 0 Å². The lowest BCUT2D eigenvalue weighted by Gasteiger charge is -2.00. The van der Waals surface area contributed by atoms with Crippen LogP contribution in [0.1, 0.15) is 0 Å². The van der Waals surface area contributed by atoms with E-state index in [0.717, 1.165) is 6.07 Å². The van der Waals surface area contributed by atoms with Gasteiger partial charge in [0.25, 0.3) is 5.56 Å². The van der Waals surface area contributed by atoms with Crippen LogP contribution < -0.4 is 5.56 Å². The molecule has 0 aliphatic heterocycles. The molecule has 2 aromatic rings. The number of phenols is 1. The fraction of sp³-hybridized carbons (Fsp3) is 0. The SMILES string of the molecule is O=c1[nH]cncc1-c1ccc(O)c(F)c1. The van der Waals surface area contributed by atoms with E-state index in [1.54, 1.807) is 0 Å². The molecule has 1 aromatic heterocycles. The maximum absolute atomic E-state index is 13.0. The average Bonchev–Trinajstić information content (AvgIpc) is 2.23. The van der Waals surface area contributed by atoms with Crippen LogP contribution in [0.25, 0.3) is 11.1 Å². The van der Waals surface area contributed by atoms with Crippen LogP contribution in [0.4, 0.5) is 4.39 Å². The summed E-state index contributed by atoms with van der Waals surface area (Å²) in [5, 5.41) is 8.98. The standard InChI is InChI=1S/C10H7FN2O2/c11-8-3-6(1-2-9(8)14)7-4-12-5-13-10(7)15/h1-5,14H,(H,12,13,15). The van der Waals surface area contributed by atoms with Crippen molar-refractivity contribution in [1.29, 1.82) is 0 Å². The Hall–Kier alpha value is -2.17. The highest BCUT2D eigenvalue weighted by molar-refractivity contribution is 5.62. The highest BCUT2D eigenvalue weighted by Gasteiger charge is 2.06. The summed E-state index contributed by atoms with van der Waals surface area (Å²) in [4.78, 5) is 17.4. The second kappa shape index (κ2) is 3.53. The largest absolute Gasteiger partial charge is 0.505 e. The first-order valence-electron chi connectivity index (χ1n) is 4.20. The lowest BCUT2D eigenvalue weighted by Crippen LogP contribution is -2.08. The van der Waals surface area contributed by atoms with E-state index in [1.165, 1.54) is 24.7 Å². The van der Waals surface area contributed by atoms with Crippen LogP contribution in [-0.4, -0.2) is 15.1 Å². The Kier molecular flexibility index (Phi) is 2.21. The van der Waals surface area contributed by atoms with Crippen molar-refractivity contribution in [2.75, 3.05) is 0 Å². The minimum atomic E-state index is -0.768. The summed E-state index contributed by atoms with van der Waals surface area (Å²) in [5.41, 5.74) is 0.283. The van der Waals surface area contributed by atoms with E-state index in [9.17, 15) is 9.18 Å². The third-order valence-corrected chi connectivity index (χ3v) is 1.98. The molecule has 1 heterocycles. The van der Waals surface area contributed by atoms with E-state index in [0.29, 0.717) is 5.56 Å². The van der Waals surface area contributed by atoms with Crippen LogP contribution in [0, 0.1) is 5.82 Å². The molecule has 0 radical (unpaired) electrons. The van der Waals surface area contributed by atoms with Gasteiger partial charge in [-0.1, -0.05) is 6.07 Å². The smallest absolute Gasteiger partial charge is 0.258 e. The van der Waals surface area contributed by atoms with Gasteiger partial charge in [0.05, 0.1) is 11.9 Å². The van der Waals surface area contributed by atoms with Crippen molar-refractivity contribution >= 4 is 0 Å². The number of H-pyrrole nitrogens is 1. The van der Waals surface area contributed by atoms with Gasteiger partial charge < -0.3 is 10.1 Å². The molecule has 0 aliphatic rings. The van der Waals surface area contributed by atoms with Gasteiger partial charge in [0.1, 0.15) is 0 Å². The van der Waals surface area contributed by atoms with Crippen molar-refractivity contribution in [3.05, 3.63) is 46.9 Å². The number of phenolic OH excluding ortho intramolecular Hbond substituents is 1. The van der Waals surface area contributed by atoms with Crippen LogP contribution in [-0.2, 0) is 0 Å².